The van der Waals surface area contributed by atoms with Crippen molar-refractivity contribution in [3.8, 4) is 0 Å². The number of cyclic esters (lactones) is 1. The molecule has 1 aliphatic carbocycles. The van der Waals surface area contributed by atoms with E-state index in [0.29, 0.717) is 12.8 Å². The number of fused-ring (bicyclic) bond motifs is 2. The SMILES string of the molecule is C[C@H]1C/C=C/[C@H]2[C@@H]3O[C@]3(C)[C@@H](C)[C@H]3[C@H](Cc4ccccc4)NC(=O)[C@]32OC(=O)OCC[C@@](C)(O)C1=O. The highest BCUT2D eigenvalue weighted by Crippen LogP contribution is 2.63. The van der Waals surface area contributed by atoms with Crippen LogP contribution in [0.15, 0.2) is 42.5 Å². The number of hydrogen-bond acceptors (Lipinski definition) is 7. The average Bonchev–Trinajstić information content (AvgIpc) is 3.45. The summed E-state index contributed by atoms with van der Waals surface area (Å²) in [4.78, 5) is 39.6. The molecule has 2 saturated heterocycles. The molecular weight excluding hydrogens is 462 g/mol. The number of ketones is 1. The van der Waals surface area contributed by atoms with Gasteiger partial charge in [0.25, 0.3) is 5.91 Å². The summed E-state index contributed by atoms with van der Waals surface area (Å²) in [7, 11) is 0. The van der Waals surface area contributed by atoms with Gasteiger partial charge in [-0.15, -0.1) is 0 Å². The Kier molecular flexibility index (Phi) is 6.03. The summed E-state index contributed by atoms with van der Waals surface area (Å²) in [5.74, 6) is -2.09. The van der Waals surface area contributed by atoms with E-state index in [2.05, 4.69) is 12.2 Å². The lowest BCUT2D eigenvalue weighted by Crippen LogP contribution is -2.61. The van der Waals surface area contributed by atoms with Crippen molar-refractivity contribution >= 4 is 17.8 Å². The van der Waals surface area contributed by atoms with Crippen molar-refractivity contribution in [3.05, 3.63) is 48.0 Å². The van der Waals surface area contributed by atoms with Gasteiger partial charge in [-0.2, -0.15) is 0 Å². The van der Waals surface area contributed by atoms with Crippen molar-refractivity contribution in [2.75, 3.05) is 6.61 Å². The number of benzene rings is 1. The zero-order valence-corrected chi connectivity index (χ0v) is 21.2. The fraction of sp³-hybridized carbons (Fsp3) is 0.607. The monoisotopic (exact) mass is 497 g/mol. The van der Waals surface area contributed by atoms with Gasteiger partial charge in [-0.25, -0.2) is 4.79 Å². The first-order valence-corrected chi connectivity index (χ1v) is 12.8. The number of aliphatic hydroxyl groups is 1. The first-order valence-electron chi connectivity index (χ1n) is 12.8. The Balaban J connectivity index is 1.55. The van der Waals surface area contributed by atoms with Crippen LogP contribution in [0.25, 0.3) is 0 Å². The Hall–Kier alpha value is -2.71. The molecule has 9 atom stereocenters. The van der Waals surface area contributed by atoms with Gasteiger partial charge in [0.15, 0.2) is 5.78 Å². The summed E-state index contributed by atoms with van der Waals surface area (Å²) in [6.45, 7) is 7.10. The summed E-state index contributed by atoms with van der Waals surface area (Å²) in [5.41, 5.74) is -2.52. The van der Waals surface area contributed by atoms with Crippen LogP contribution in [-0.2, 0) is 30.2 Å². The number of Topliss-reactive ketones (excluding diaryl/α,β-unsaturated/α-hetero) is 1. The zero-order chi connectivity index (χ0) is 25.9. The van der Waals surface area contributed by atoms with Gasteiger partial charge in [0.05, 0.1) is 24.2 Å². The van der Waals surface area contributed by atoms with Crippen LogP contribution < -0.4 is 5.32 Å². The van der Waals surface area contributed by atoms with E-state index < -0.39 is 34.8 Å². The predicted molar refractivity (Wildman–Crippen MR) is 130 cm³/mol. The second kappa shape index (κ2) is 8.70. The van der Waals surface area contributed by atoms with E-state index in [-0.39, 0.29) is 48.7 Å². The van der Waals surface area contributed by atoms with Crippen molar-refractivity contribution in [2.24, 2.45) is 23.7 Å². The van der Waals surface area contributed by atoms with Crippen LogP contribution >= 0.6 is 0 Å². The molecule has 0 radical (unpaired) electrons. The Morgan fingerprint density at radius 2 is 1.83 bits per heavy atom. The molecule has 4 aliphatic rings. The van der Waals surface area contributed by atoms with Crippen molar-refractivity contribution in [3.63, 3.8) is 0 Å². The van der Waals surface area contributed by atoms with E-state index in [1.165, 1.54) is 6.92 Å². The first kappa shape index (κ1) is 25.0. The summed E-state index contributed by atoms with van der Waals surface area (Å²) in [5, 5.41) is 13.8. The summed E-state index contributed by atoms with van der Waals surface area (Å²) in [6, 6.07) is 9.64. The maximum absolute atomic E-state index is 13.8. The normalized spacial score (nSPS) is 45.3. The summed E-state index contributed by atoms with van der Waals surface area (Å²) in [6.07, 6.45) is 3.34. The lowest BCUT2D eigenvalue weighted by Gasteiger charge is -2.45. The number of hydrogen-bond donors (Lipinski definition) is 2. The van der Waals surface area contributed by atoms with Gasteiger partial charge in [-0.05, 0) is 38.2 Å². The van der Waals surface area contributed by atoms with Crippen LogP contribution in [-0.4, -0.2) is 58.5 Å². The molecule has 1 amide bonds. The Morgan fingerprint density at radius 3 is 2.56 bits per heavy atom. The first-order chi connectivity index (χ1) is 17.0. The van der Waals surface area contributed by atoms with E-state index in [1.807, 2.05) is 49.4 Å². The molecule has 5 rings (SSSR count). The molecule has 0 bridgehead atoms. The third-order valence-corrected chi connectivity index (χ3v) is 8.92. The third-order valence-electron chi connectivity index (χ3n) is 8.92. The van der Waals surface area contributed by atoms with Gasteiger partial charge < -0.3 is 24.6 Å². The second-order valence-corrected chi connectivity index (χ2v) is 11.3. The van der Waals surface area contributed by atoms with E-state index in [4.69, 9.17) is 14.2 Å². The highest BCUT2D eigenvalue weighted by molar-refractivity contribution is 5.92. The molecule has 3 aliphatic heterocycles. The molecule has 0 aromatic heterocycles. The fourth-order valence-corrected chi connectivity index (χ4v) is 6.70. The molecular formula is C28H35NO7. The van der Waals surface area contributed by atoms with Gasteiger partial charge in [-0.1, -0.05) is 56.3 Å². The van der Waals surface area contributed by atoms with Crippen molar-refractivity contribution in [2.45, 2.75) is 75.9 Å². The maximum Gasteiger partial charge on any atom is 0.509 e. The molecule has 0 unspecified atom stereocenters. The zero-order valence-electron chi connectivity index (χ0n) is 21.2. The van der Waals surface area contributed by atoms with Gasteiger partial charge in [0, 0.05) is 24.3 Å². The molecule has 1 aromatic rings. The third kappa shape index (κ3) is 3.86. The second-order valence-electron chi connectivity index (χ2n) is 11.3. The number of nitrogens with one attached hydrogen (secondary N) is 1. The van der Waals surface area contributed by atoms with E-state index in [1.54, 1.807) is 6.92 Å². The van der Waals surface area contributed by atoms with Crippen molar-refractivity contribution in [1.29, 1.82) is 0 Å². The molecule has 8 heteroatoms. The molecule has 36 heavy (non-hydrogen) atoms. The molecule has 194 valence electrons. The highest BCUT2D eigenvalue weighted by Gasteiger charge is 2.78. The number of carbonyl (C=O) groups is 3. The fourth-order valence-electron chi connectivity index (χ4n) is 6.70. The number of carbonyl (C=O) groups excluding carboxylic acids is 3. The number of epoxide rings is 1. The molecule has 1 aromatic carbocycles. The van der Waals surface area contributed by atoms with Crippen LogP contribution in [0.1, 0.15) is 46.1 Å². The highest BCUT2D eigenvalue weighted by atomic mass is 16.7. The van der Waals surface area contributed by atoms with E-state index in [0.717, 1.165) is 5.56 Å². The molecule has 8 nitrogen and oxygen atoms in total. The van der Waals surface area contributed by atoms with Crippen LogP contribution in [0.2, 0.25) is 0 Å². The van der Waals surface area contributed by atoms with Gasteiger partial charge in [-0.3, -0.25) is 9.59 Å². The van der Waals surface area contributed by atoms with Crippen molar-refractivity contribution in [1.82, 2.24) is 5.32 Å². The number of allylic oxidation sites excluding steroid dienone is 1. The molecule has 3 fully saturated rings. The van der Waals surface area contributed by atoms with E-state index in [9.17, 15) is 19.5 Å². The van der Waals surface area contributed by atoms with Crippen LogP contribution in [0.3, 0.4) is 0 Å². The van der Waals surface area contributed by atoms with Gasteiger partial charge in [0.1, 0.15) is 5.60 Å². The average molecular weight is 498 g/mol. The molecule has 1 spiro atoms. The minimum Gasteiger partial charge on any atom is -0.434 e. The Bertz CT molecular complexity index is 1080. The lowest BCUT2D eigenvalue weighted by atomic mass is 9.59. The molecule has 1 saturated carbocycles. The number of rotatable bonds is 2. The standard InChI is InChI=1S/C28H35NO7/c1-16-9-8-12-19-23-27(4,35-23)17(2)21-20(15-18-10-6-5-7-11-18)29-24(31)28(19,21)36-25(32)34-14-13-26(3,33)22(16)30/h5-8,10-12,16-17,19-21,23,33H,9,13-15H2,1-4H3,(H,29,31)/b12-8+/t16-,17-,19-,20-,21-,23-,26+,27+,28+/m0/s1. The maximum atomic E-state index is 13.8. The van der Waals surface area contributed by atoms with Gasteiger partial charge >= 0.3 is 6.16 Å². The van der Waals surface area contributed by atoms with Crippen LogP contribution in [0.4, 0.5) is 4.79 Å². The summed E-state index contributed by atoms with van der Waals surface area (Å²) >= 11 is 0. The van der Waals surface area contributed by atoms with Crippen LogP contribution in [0, 0.1) is 23.7 Å². The minimum absolute atomic E-state index is 0.0577. The smallest absolute Gasteiger partial charge is 0.434 e. The Labute approximate surface area is 211 Å². The molecule has 2 N–H and O–H groups in total. The summed E-state index contributed by atoms with van der Waals surface area (Å²) < 4.78 is 17.6. The largest absolute Gasteiger partial charge is 0.509 e. The topological polar surface area (TPSA) is 114 Å². The predicted octanol–water partition coefficient (Wildman–Crippen LogP) is 2.97. The minimum atomic E-state index is -1.63. The Morgan fingerprint density at radius 1 is 1.11 bits per heavy atom. The van der Waals surface area contributed by atoms with E-state index >= 15 is 0 Å². The van der Waals surface area contributed by atoms with Crippen molar-refractivity contribution < 1.29 is 33.7 Å². The lowest BCUT2D eigenvalue weighted by molar-refractivity contribution is -0.155. The van der Waals surface area contributed by atoms with Crippen LogP contribution in [0.5, 0.6) is 0 Å². The number of ether oxygens (including phenoxy) is 3. The quantitative estimate of drug-likeness (QED) is 0.367. The number of amides is 1. The van der Waals surface area contributed by atoms with Gasteiger partial charge in [0.2, 0.25) is 5.60 Å². The molecule has 3 heterocycles.